The zero-order chi connectivity index (χ0) is 15.6. The molecule has 0 aromatic heterocycles. The highest BCUT2D eigenvalue weighted by Gasteiger charge is 2.35. The van der Waals surface area contributed by atoms with Crippen molar-refractivity contribution in [3.8, 4) is 0 Å². The summed E-state index contributed by atoms with van der Waals surface area (Å²) in [7, 11) is 0. The largest absolute Gasteiger partial charge is 0.235 e. The Morgan fingerprint density at radius 1 is 1.00 bits per heavy atom. The summed E-state index contributed by atoms with van der Waals surface area (Å²) >= 11 is 0. The Morgan fingerprint density at radius 2 is 1.59 bits per heavy atom. The highest BCUT2D eigenvalue weighted by molar-refractivity contribution is 5.39. The molecule has 2 heteroatoms. The molecule has 118 valence electrons. The lowest BCUT2D eigenvalue weighted by Crippen LogP contribution is -2.21. The molecule has 22 heavy (non-hydrogen) atoms. The Morgan fingerprint density at radius 3 is 2.14 bits per heavy atom. The van der Waals surface area contributed by atoms with Crippen LogP contribution in [0.3, 0.4) is 0 Å². The van der Waals surface area contributed by atoms with E-state index in [1.165, 1.54) is 36.8 Å². The molecule has 0 N–H and O–H groups in total. The van der Waals surface area contributed by atoms with Crippen LogP contribution >= 0.6 is 0 Å². The van der Waals surface area contributed by atoms with E-state index in [0.29, 0.717) is 11.3 Å². The third-order valence-electron chi connectivity index (χ3n) is 5.95. The molecule has 0 atom stereocenters. The van der Waals surface area contributed by atoms with E-state index in [1.54, 1.807) is 0 Å². The molecule has 2 nitrogen and oxygen atoms in total. The molecule has 0 aliphatic heterocycles. The highest BCUT2D eigenvalue weighted by atomic mass is 16.1. The first kappa shape index (κ1) is 15.5. The third-order valence-corrected chi connectivity index (χ3v) is 5.95. The summed E-state index contributed by atoms with van der Waals surface area (Å²) in [5.74, 6) is 0.705. The lowest BCUT2D eigenvalue weighted by molar-refractivity contribution is 0.224. The monoisotopic (exact) mass is 297 g/mol. The van der Waals surface area contributed by atoms with Crippen molar-refractivity contribution in [3.05, 3.63) is 35.4 Å². The summed E-state index contributed by atoms with van der Waals surface area (Å²) in [5.41, 5.74) is 2.90. The van der Waals surface area contributed by atoms with E-state index in [0.717, 1.165) is 25.7 Å². The maximum Gasteiger partial charge on any atom is 0.235 e. The van der Waals surface area contributed by atoms with Crippen LogP contribution < -0.4 is 0 Å². The maximum atomic E-state index is 10.8. The number of aliphatic imine (C=N–C) groups is 1. The molecule has 2 saturated carbocycles. The molecule has 0 amide bonds. The van der Waals surface area contributed by atoms with Gasteiger partial charge in [0.15, 0.2) is 0 Å². The molecule has 1 aromatic rings. The van der Waals surface area contributed by atoms with Gasteiger partial charge in [-0.2, -0.15) is 4.99 Å². The van der Waals surface area contributed by atoms with Crippen LogP contribution in [0.15, 0.2) is 29.3 Å². The van der Waals surface area contributed by atoms with Crippen LogP contribution in [0, 0.1) is 5.41 Å². The number of rotatable bonds is 3. The number of carbonyl (C=O) groups excluding carboxylic acids is 1. The Labute approximate surface area is 134 Å². The average Bonchev–Trinajstić information content (AvgIpc) is 2.98. The molecule has 0 saturated heterocycles. The quantitative estimate of drug-likeness (QED) is 0.537. The molecule has 2 aliphatic carbocycles. The number of hydrogen-bond acceptors (Lipinski definition) is 2. The van der Waals surface area contributed by atoms with Crippen LogP contribution in [0.5, 0.6) is 0 Å². The second kappa shape index (κ2) is 6.01. The second-order valence-electron chi connectivity index (χ2n) is 8.00. The van der Waals surface area contributed by atoms with Gasteiger partial charge in [-0.15, -0.1) is 0 Å². The van der Waals surface area contributed by atoms with Crippen LogP contribution in [-0.2, 0) is 10.3 Å². The van der Waals surface area contributed by atoms with Gasteiger partial charge in [0.05, 0.1) is 5.54 Å². The van der Waals surface area contributed by atoms with E-state index < -0.39 is 0 Å². The molecule has 0 spiro atoms. The fraction of sp³-hybridized carbons (Fsp3) is 0.650. The second-order valence-corrected chi connectivity index (χ2v) is 8.00. The van der Waals surface area contributed by atoms with Crippen LogP contribution in [0.1, 0.15) is 82.3 Å². The van der Waals surface area contributed by atoms with E-state index in [1.807, 2.05) is 6.08 Å². The smallest absolute Gasteiger partial charge is 0.211 e. The van der Waals surface area contributed by atoms with E-state index in [9.17, 15) is 4.79 Å². The predicted octanol–water partition coefficient (Wildman–Crippen LogP) is 5.48. The third kappa shape index (κ3) is 3.03. The van der Waals surface area contributed by atoms with Gasteiger partial charge in [0, 0.05) is 0 Å². The van der Waals surface area contributed by atoms with E-state index in [-0.39, 0.29) is 5.54 Å². The Kier molecular flexibility index (Phi) is 4.23. The first-order valence-electron chi connectivity index (χ1n) is 8.74. The predicted molar refractivity (Wildman–Crippen MR) is 89.7 cm³/mol. The summed E-state index contributed by atoms with van der Waals surface area (Å²) < 4.78 is 0. The SMILES string of the molecule is CC1(C)CCC(c2ccc(C3(N=C=O)CCCC3)cc2)CC1. The van der Waals surface area contributed by atoms with Crippen molar-refractivity contribution < 1.29 is 4.79 Å². The molecule has 2 aliphatic rings. The van der Waals surface area contributed by atoms with Crippen LogP contribution in [-0.4, -0.2) is 6.08 Å². The molecule has 2 fully saturated rings. The fourth-order valence-corrected chi connectivity index (χ4v) is 4.31. The number of nitrogens with zero attached hydrogens (tertiary/aromatic N) is 1. The van der Waals surface area contributed by atoms with Gasteiger partial charge in [-0.05, 0) is 61.0 Å². The van der Waals surface area contributed by atoms with Crippen molar-refractivity contribution in [1.29, 1.82) is 0 Å². The van der Waals surface area contributed by atoms with E-state index in [4.69, 9.17) is 0 Å². The van der Waals surface area contributed by atoms with Crippen LogP contribution in [0.4, 0.5) is 0 Å². The highest BCUT2D eigenvalue weighted by Crippen LogP contribution is 2.44. The first-order valence-corrected chi connectivity index (χ1v) is 8.74. The topological polar surface area (TPSA) is 29.4 Å². The van der Waals surface area contributed by atoms with E-state index in [2.05, 4.69) is 43.1 Å². The minimum atomic E-state index is -0.283. The van der Waals surface area contributed by atoms with Gasteiger partial charge >= 0.3 is 0 Å². The van der Waals surface area contributed by atoms with Gasteiger partial charge in [-0.25, -0.2) is 4.79 Å². The van der Waals surface area contributed by atoms with Crippen molar-refractivity contribution in [3.63, 3.8) is 0 Å². The fourth-order valence-electron chi connectivity index (χ4n) is 4.31. The first-order chi connectivity index (χ1) is 10.5. The van der Waals surface area contributed by atoms with Gasteiger partial charge in [-0.1, -0.05) is 51.0 Å². The van der Waals surface area contributed by atoms with Gasteiger partial charge in [0.1, 0.15) is 0 Å². The van der Waals surface area contributed by atoms with Crippen LogP contribution in [0.2, 0.25) is 0 Å². The van der Waals surface area contributed by atoms with Crippen molar-refractivity contribution in [1.82, 2.24) is 0 Å². The minimum Gasteiger partial charge on any atom is -0.211 e. The molecule has 0 heterocycles. The van der Waals surface area contributed by atoms with Crippen LogP contribution in [0.25, 0.3) is 0 Å². The molecular formula is C20H27NO. The summed E-state index contributed by atoms with van der Waals surface area (Å²) in [5, 5.41) is 0. The van der Waals surface area contributed by atoms with Crippen molar-refractivity contribution in [2.75, 3.05) is 0 Å². The summed E-state index contributed by atoms with van der Waals surface area (Å²) in [6.45, 7) is 4.77. The average molecular weight is 297 g/mol. The van der Waals surface area contributed by atoms with Crippen molar-refractivity contribution >= 4 is 6.08 Å². The molecule has 0 radical (unpaired) electrons. The van der Waals surface area contributed by atoms with Gasteiger partial charge in [0.2, 0.25) is 6.08 Å². The lowest BCUT2D eigenvalue weighted by Gasteiger charge is -2.34. The number of benzene rings is 1. The summed E-state index contributed by atoms with van der Waals surface area (Å²) in [4.78, 5) is 15.0. The van der Waals surface area contributed by atoms with E-state index >= 15 is 0 Å². The van der Waals surface area contributed by atoms with Crippen molar-refractivity contribution in [2.45, 2.75) is 76.7 Å². The van der Waals surface area contributed by atoms with Gasteiger partial charge in [0.25, 0.3) is 0 Å². The van der Waals surface area contributed by atoms with Gasteiger partial charge in [-0.3, -0.25) is 0 Å². The Bertz CT molecular complexity index is 550. The molecule has 0 bridgehead atoms. The molecule has 1 aromatic carbocycles. The molecule has 3 rings (SSSR count). The standard InChI is InChI=1S/C20H27NO/c1-19(2)13-9-17(10-14-19)16-5-7-18(8-6-16)20(21-15-22)11-3-4-12-20/h5-8,17H,3-4,9-14H2,1-2H3. The summed E-state index contributed by atoms with van der Waals surface area (Å²) in [6.07, 6.45) is 11.3. The molecular weight excluding hydrogens is 270 g/mol. The lowest BCUT2D eigenvalue weighted by atomic mass is 9.71. The van der Waals surface area contributed by atoms with Crippen molar-refractivity contribution in [2.24, 2.45) is 10.4 Å². The number of isocyanates is 1. The number of hydrogen-bond donors (Lipinski definition) is 0. The summed E-state index contributed by atoms with van der Waals surface area (Å²) in [6, 6.07) is 8.97. The Balaban J connectivity index is 1.77. The zero-order valence-corrected chi connectivity index (χ0v) is 13.9. The zero-order valence-electron chi connectivity index (χ0n) is 13.9. The Hall–Kier alpha value is -1.40. The maximum absolute atomic E-state index is 10.8. The molecule has 0 unspecified atom stereocenters. The van der Waals surface area contributed by atoms with Gasteiger partial charge < -0.3 is 0 Å². The minimum absolute atomic E-state index is 0.283. The normalized spacial score (nSPS) is 23.9.